The van der Waals surface area contributed by atoms with Gasteiger partial charge in [0, 0.05) is 18.3 Å². The van der Waals surface area contributed by atoms with Gasteiger partial charge in [0.05, 0.1) is 12.5 Å². The fourth-order valence-corrected chi connectivity index (χ4v) is 2.90. The van der Waals surface area contributed by atoms with E-state index in [2.05, 4.69) is 17.2 Å². The molecule has 5 nitrogen and oxygen atoms in total. The molecule has 1 aliphatic carbocycles. The Balaban J connectivity index is 1.61. The van der Waals surface area contributed by atoms with Crippen LogP contribution in [0.5, 0.6) is 17.4 Å². The van der Waals surface area contributed by atoms with E-state index in [9.17, 15) is 4.79 Å². The van der Waals surface area contributed by atoms with Gasteiger partial charge < -0.3 is 14.8 Å². The van der Waals surface area contributed by atoms with Crippen molar-refractivity contribution in [3.05, 3.63) is 48.2 Å². The molecule has 1 aromatic carbocycles. The molecule has 1 saturated carbocycles. The maximum absolute atomic E-state index is 12.0. The molecule has 0 spiro atoms. The lowest BCUT2D eigenvalue weighted by Crippen LogP contribution is -2.26. The molecule has 1 unspecified atom stereocenters. The maximum atomic E-state index is 12.0. The minimum atomic E-state index is -0.931. The molecule has 1 N–H and O–H groups in total. The zero-order valence-electron chi connectivity index (χ0n) is 14.4. The molecule has 3 rings (SSSR count). The second-order valence-corrected chi connectivity index (χ2v) is 7.67. The van der Waals surface area contributed by atoms with Gasteiger partial charge in [0.2, 0.25) is 11.8 Å². The fraction of sp³-hybridized carbons (Fsp3) is 0.368. The lowest BCUT2D eigenvalue weighted by atomic mass is 10.2. The number of carbonyl (C=O) groups excluding carboxylic acids is 1. The lowest BCUT2D eigenvalue weighted by Gasteiger charge is -2.11. The summed E-state index contributed by atoms with van der Waals surface area (Å²) in [6, 6.07) is 11.0. The molecular weight excluding hydrogens is 375 g/mol. The summed E-state index contributed by atoms with van der Waals surface area (Å²) in [5.74, 6) is 1.35. The summed E-state index contributed by atoms with van der Waals surface area (Å²) >= 11 is 11.8. The SMILES string of the molecule is CCCOc1ccc(Oc2ncccc2CNC(=O)C2CC2(Cl)Cl)cc1. The van der Waals surface area contributed by atoms with E-state index in [0.29, 0.717) is 31.2 Å². The highest BCUT2D eigenvalue weighted by Gasteiger charge is 2.56. The number of carbonyl (C=O) groups is 1. The summed E-state index contributed by atoms with van der Waals surface area (Å²) in [6.07, 6.45) is 3.07. The molecular formula is C19H20Cl2N2O3. The Hall–Kier alpha value is -1.98. The number of pyridine rings is 1. The Morgan fingerprint density at radius 1 is 1.27 bits per heavy atom. The van der Waals surface area contributed by atoms with E-state index in [1.165, 1.54) is 0 Å². The van der Waals surface area contributed by atoms with E-state index in [0.717, 1.165) is 17.7 Å². The van der Waals surface area contributed by atoms with E-state index in [4.69, 9.17) is 32.7 Å². The molecule has 2 aromatic rings. The van der Waals surface area contributed by atoms with Crippen molar-refractivity contribution < 1.29 is 14.3 Å². The van der Waals surface area contributed by atoms with Gasteiger partial charge in [0.1, 0.15) is 15.8 Å². The molecule has 0 radical (unpaired) electrons. The molecule has 0 aliphatic heterocycles. The van der Waals surface area contributed by atoms with Crippen molar-refractivity contribution in [1.29, 1.82) is 0 Å². The van der Waals surface area contributed by atoms with Gasteiger partial charge in [-0.1, -0.05) is 13.0 Å². The van der Waals surface area contributed by atoms with Crippen molar-refractivity contribution in [2.45, 2.75) is 30.6 Å². The first-order chi connectivity index (χ1) is 12.5. The Bertz CT molecular complexity index is 766. The molecule has 7 heteroatoms. The van der Waals surface area contributed by atoms with Gasteiger partial charge in [0.15, 0.2) is 0 Å². The van der Waals surface area contributed by atoms with Crippen molar-refractivity contribution >= 4 is 29.1 Å². The van der Waals surface area contributed by atoms with Gasteiger partial charge in [-0.25, -0.2) is 4.98 Å². The normalized spacial score (nSPS) is 17.4. The van der Waals surface area contributed by atoms with Crippen LogP contribution in [0.25, 0.3) is 0 Å². The molecule has 1 amide bonds. The van der Waals surface area contributed by atoms with E-state index < -0.39 is 4.33 Å². The quantitative estimate of drug-likeness (QED) is 0.670. The van der Waals surface area contributed by atoms with Crippen LogP contribution in [-0.2, 0) is 11.3 Å². The summed E-state index contributed by atoms with van der Waals surface area (Å²) in [4.78, 5) is 16.3. The third-order valence-corrected chi connectivity index (χ3v) is 4.79. The second-order valence-electron chi connectivity index (χ2n) is 6.13. The second kappa shape index (κ2) is 8.14. The van der Waals surface area contributed by atoms with Crippen LogP contribution in [0.4, 0.5) is 0 Å². The van der Waals surface area contributed by atoms with E-state index in [1.54, 1.807) is 12.3 Å². The van der Waals surface area contributed by atoms with E-state index in [1.807, 2.05) is 30.3 Å². The molecule has 1 atom stereocenters. The Labute approximate surface area is 162 Å². The number of hydrogen-bond donors (Lipinski definition) is 1. The molecule has 26 heavy (non-hydrogen) atoms. The first-order valence-electron chi connectivity index (χ1n) is 8.50. The number of hydrogen-bond acceptors (Lipinski definition) is 4. The number of alkyl halides is 2. The number of ether oxygens (including phenoxy) is 2. The Kier molecular flexibility index (Phi) is 5.89. The largest absolute Gasteiger partial charge is 0.494 e. The van der Waals surface area contributed by atoms with Gasteiger partial charge >= 0.3 is 0 Å². The fourth-order valence-electron chi connectivity index (χ4n) is 2.39. The lowest BCUT2D eigenvalue weighted by molar-refractivity contribution is -0.122. The van der Waals surface area contributed by atoms with Crippen LogP contribution in [-0.4, -0.2) is 21.8 Å². The van der Waals surface area contributed by atoms with Gasteiger partial charge in [0.25, 0.3) is 0 Å². The number of aromatic nitrogens is 1. The molecule has 1 aliphatic rings. The zero-order valence-corrected chi connectivity index (χ0v) is 15.9. The minimum absolute atomic E-state index is 0.165. The minimum Gasteiger partial charge on any atom is -0.494 e. The van der Waals surface area contributed by atoms with Crippen molar-refractivity contribution in [1.82, 2.24) is 10.3 Å². The highest BCUT2D eigenvalue weighted by Crippen LogP contribution is 2.53. The Morgan fingerprint density at radius 2 is 1.96 bits per heavy atom. The van der Waals surface area contributed by atoms with Crippen LogP contribution < -0.4 is 14.8 Å². The van der Waals surface area contributed by atoms with Crippen molar-refractivity contribution in [2.24, 2.45) is 5.92 Å². The monoisotopic (exact) mass is 394 g/mol. The highest BCUT2D eigenvalue weighted by atomic mass is 35.5. The van der Waals surface area contributed by atoms with Crippen molar-refractivity contribution in [2.75, 3.05) is 6.61 Å². The van der Waals surface area contributed by atoms with E-state index in [-0.39, 0.29) is 11.8 Å². The molecule has 0 saturated heterocycles. The van der Waals surface area contributed by atoms with Gasteiger partial charge in [-0.05, 0) is 43.2 Å². The number of amides is 1. The maximum Gasteiger partial charge on any atom is 0.226 e. The third-order valence-electron chi connectivity index (χ3n) is 3.96. The topological polar surface area (TPSA) is 60.5 Å². The average molecular weight is 395 g/mol. The predicted molar refractivity (Wildman–Crippen MR) is 101 cm³/mol. The Morgan fingerprint density at radius 3 is 2.62 bits per heavy atom. The molecule has 1 heterocycles. The number of nitrogens with zero attached hydrogens (tertiary/aromatic N) is 1. The van der Waals surface area contributed by atoms with Crippen LogP contribution >= 0.6 is 23.2 Å². The summed E-state index contributed by atoms with van der Waals surface area (Å²) in [5.41, 5.74) is 0.766. The van der Waals surface area contributed by atoms with Crippen LogP contribution in [0.2, 0.25) is 0 Å². The number of benzene rings is 1. The molecule has 1 fully saturated rings. The number of nitrogens with one attached hydrogen (secondary N) is 1. The summed E-state index contributed by atoms with van der Waals surface area (Å²) < 4.78 is 10.5. The summed E-state index contributed by atoms with van der Waals surface area (Å²) in [6.45, 7) is 3.03. The smallest absolute Gasteiger partial charge is 0.226 e. The number of rotatable bonds is 8. The summed E-state index contributed by atoms with van der Waals surface area (Å²) in [5, 5.41) is 2.83. The molecule has 1 aromatic heterocycles. The van der Waals surface area contributed by atoms with Crippen LogP contribution in [0.1, 0.15) is 25.3 Å². The first kappa shape index (κ1) is 18.8. The standard InChI is InChI=1S/C19H20Cl2N2O3/c1-2-10-25-14-5-7-15(8-6-14)26-18-13(4-3-9-22-18)12-23-17(24)16-11-19(16,20)21/h3-9,16H,2,10-12H2,1H3,(H,23,24). The third kappa shape index (κ3) is 4.80. The van der Waals surface area contributed by atoms with Gasteiger partial charge in [-0.3, -0.25) is 4.79 Å². The highest BCUT2D eigenvalue weighted by molar-refractivity contribution is 6.52. The van der Waals surface area contributed by atoms with Gasteiger partial charge in [-0.15, -0.1) is 23.2 Å². The predicted octanol–water partition coefficient (Wildman–Crippen LogP) is 4.47. The first-order valence-corrected chi connectivity index (χ1v) is 9.25. The average Bonchev–Trinajstić information content (AvgIpc) is 3.28. The molecule has 0 bridgehead atoms. The van der Waals surface area contributed by atoms with Crippen molar-refractivity contribution in [3.63, 3.8) is 0 Å². The van der Waals surface area contributed by atoms with Crippen LogP contribution in [0.3, 0.4) is 0 Å². The summed E-state index contributed by atoms with van der Waals surface area (Å²) in [7, 11) is 0. The van der Waals surface area contributed by atoms with Crippen LogP contribution in [0, 0.1) is 5.92 Å². The van der Waals surface area contributed by atoms with Crippen LogP contribution in [0.15, 0.2) is 42.6 Å². The van der Waals surface area contributed by atoms with Crippen molar-refractivity contribution in [3.8, 4) is 17.4 Å². The van der Waals surface area contributed by atoms with E-state index >= 15 is 0 Å². The zero-order chi connectivity index (χ0) is 18.6. The van der Waals surface area contributed by atoms with Gasteiger partial charge in [-0.2, -0.15) is 0 Å². The molecule has 138 valence electrons. The number of halogens is 2.